The molecule has 2 heterocycles. The largest absolute Gasteiger partial charge is 0.263 e. The van der Waals surface area contributed by atoms with Gasteiger partial charge in [-0.2, -0.15) is 5.10 Å². The molecular weight excluding hydrogens is 346 g/mol. The van der Waals surface area contributed by atoms with E-state index in [0.717, 1.165) is 29.8 Å². The number of hydrogen-bond donors (Lipinski definition) is 1. The molecule has 0 saturated carbocycles. The highest BCUT2D eigenvalue weighted by atomic mass is 32.2. The van der Waals surface area contributed by atoms with Gasteiger partial charge in [-0.25, -0.2) is 13.1 Å². The minimum atomic E-state index is -3.69. The minimum Gasteiger partial charge on any atom is -0.263 e. The molecule has 0 radical (unpaired) electrons. The molecule has 0 amide bonds. The van der Waals surface area contributed by atoms with Crippen LogP contribution in [0.15, 0.2) is 53.0 Å². The van der Waals surface area contributed by atoms with Crippen molar-refractivity contribution in [2.45, 2.75) is 51.3 Å². The number of nitrogens with one attached hydrogen (secondary N) is 1. The zero-order valence-electron chi connectivity index (χ0n) is 15.7. The standard InChI is InChI=1S/C20H25N3O2S/c1-14(2)17-7-10-19(11-8-17)26(24,25)22-20-12-6-15(3)5-9-18-13-16(4)21-23(18)20/h6-8,10-14,22H,5,9H2,1-4H3. The van der Waals surface area contributed by atoms with Crippen LogP contribution in [-0.2, 0) is 16.4 Å². The van der Waals surface area contributed by atoms with Gasteiger partial charge in [0.1, 0.15) is 5.82 Å². The van der Waals surface area contributed by atoms with Crippen molar-refractivity contribution in [3.8, 4) is 0 Å². The topological polar surface area (TPSA) is 64.0 Å². The van der Waals surface area contributed by atoms with Crippen LogP contribution in [0.4, 0.5) is 0 Å². The van der Waals surface area contributed by atoms with Crippen molar-refractivity contribution < 1.29 is 8.42 Å². The van der Waals surface area contributed by atoms with Gasteiger partial charge in [0.05, 0.1) is 10.6 Å². The Morgan fingerprint density at radius 2 is 1.77 bits per heavy atom. The number of hydrogen-bond acceptors (Lipinski definition) is 3. The lowest BCUT2D eigenvalue weighted by Crippen LogP contribution is -2.27. The van der Waals surface area contributed by atoms with Gasteiger partial charge in [0.25, 0.3) is 10.0 Å². The Kier molecular flexibility index (Phi) is 5.05. The fourth-order valence-corrected chi connectivity index (χ4v) is 3.99. The lowest BCUT2D eigenvalue weighted by atomic mass is 10.0. The molecular formula is C20H25N3O2S. The first-order chi connectivity index (χ1) is 12.3. The fraction of sp³-hybridized carbons (Fsp3) is 0.350. The quantitative estimate of drug-likeness (QED) is 0.884. The summed E-state index contributed by atoms with van der Waals surface area (Å²) >= 11 is 0. The molecule has 0 spiro atoms. The van der Waals surface area contributed by atoms with Gasteiger partial charge in [-0.05, 0) is 62.4 Å². The predicted molar refractivity (Wildman–Crippen MR) is 104 cm³/mol. The highest BCUT2D eigenvalue weighted by molar-refractivity contribution is 7.89. The predicted octanol–water partition coefficient (Wildman–Crippen LogP) is 3.98. The number of benzene rings is 1. The van der Waals surface area contributed by atoms with Crippen LogP contribution in [0.1, 0.15) is 50.1 Å². The van der Waals surface area contributed by atoms with E-state index in [9.17, 15) is 8.42 Å². The summed E-state index contributed by atoms with van der Waals surface area (Å²) in [6.07, 6.45) is 5.48. The summed E-state index contributed by atoms with van der Waals surface area (Å²) in [6, 6.07) is 9.02. The van der Waals surface area contributed by atoms with Gasteiger partial charge in [0.2, 0.25) is 0 Å². The van der Waals surface area contributed by atoms with Gasteiger partial charge >= 0.3 is 0 Å². The van der Waals surface area contributed by atoms with E-state index >= 15 is 0 Å². The number of allylic oxidation sites excluding steroid dienone is 3. The van der Waals surface area contributed by atoms with Crippen molar-refractivity contribution in [3.63, 3.8) is 0 Å². The fourth-order valence-electron chi connectivity index (χ4n) is 2.95. The van der Waals surface area contributed by atoms with E-state index in [2.05, 4.69) is 23.7 Å². The number of rotatable bonds is 4. The van der Waals surface area contributed by atoms with Crippen molar-refractivity contribution in [2.75, 3.05) is 0 Å². The van der Waals surface area contributed by atoms with Gasteiger partial charge in [0.15, 0.2) is 0 Å². The number of fused-ring (bicyclic) bond motifs is 1. The molecule has 0 fully saturated rings. The molecule has 3 rings (SSSR count). The minimum absolute atomic E-state index is 0.246. The Morgan fingerprint density at radius 1 is 1.08 bits per heavy atom. The molecule has 0 aliphatic carbocycles. The number of aromatic nitrogens is 2. The molecule has 0 saturated heterocycles. The van der Waals surface area contributed by atoms with Crippen LogP contribution >= 0.6 is 0 Å². The Balaban J connectivity index is 1.97. The van der Waals surface area contributed by atoms with E-state index < -0.39 is 10.0 Å². The Hall–Kier alpha value is -2.34. The van der Waals surface area contributed by atoms with Crippen molar-refractivity contribution in [2.24, 2.45) is 0 Å². The first kappa shape index (κ1) is 18.5. The molecule has 6 heteroatoms. The van der Waals surface area contributed by atoms with Gasteiger partial charge in [0, 0.05) is 5.69 Å². The van der Waals surface area contributed by atoms with Gasteiger partial charge < -0.3 is 0 Å². The zero-order valence-corrected chi connectivity index (χ0v) is 16.5. The molecule has 0 bridgehead atoms. The third kappa shape index (κ3) is 3.90. The second-order valence-corrected chi connectivity index (χ2v) is 8.77. The molecule has 1 N–H and O–H groups in total. The number of nitrogens with zero attached hydrogens (tertiary/aromatic N) is 2. The number of sulfonamides is 1. The van der Waals surface area contributed by atoms with Gasteiger partial charge in [-0.15, -0.1) is 0 Å². The molecule has 1 aliphatic rings. The zero-order chi connectivity index (χ0) is 18.9. The van der Waals surface area contributed by atoms with Crippen LogP contribution in [0.25, 0.3) is 5.82 Å². The van der Waals surface area contributed by atoms with E-state index in [1.165, 1.54) is 5.57 Å². The second-order valence-electron chi connectivity index (χ2n) is 7.08. The maximum atomic E-state index is 12.9. The van der Waals surface area contributed by atoms with E-state index in [1.54, 1.807) is 22.9 Å². The summed E-state index contributed by atoms with van der Waals surface area (Å²) < 4.78 is 30.1. The first-order valence-electron chi connectivity index (χ1n) is 8.82. The average molecular weight is 372 g/mol. The molecule has 2 aromatic rings. The molecule has 1 aliphatic heterocycles. The smallest absolute Gasteiger partial charge is 0.263 e. The highest BCUT2D eigenvalue weighted by Gasteiger charge is 2.19. The summed E-state index contributed by atoms with van der Waals surface area (Å²) in [5.74, 6) is 0.802. The Bertz CT molecular complexity index is 965. The Labute approximate surface area is 155 Å². The van der Waals surface area contributed by atoms with Crippen LogP contribution in [0, 0.1) is 6.92 Å². The van der Waals surface area contributed by atoms with Gasteiger partial charge in [-0.3, -0.25) is 4.72 Å². The molecule has 138 valence electrons. The maximum Gasteiger partial charge on any atom is 0.263 e. The SMILES string of the molecule is CC1=CC=C(NS(=O)(=O)c2ccc(C(C)C)cc2)n2nc(C)cc2CC1. The van der Waals surface area contributed by atoms with Crippen LogP contribution in [-0.4, -0.2) is 18.2 Å². The molecule has 0 unspecified atom stereocenters. The monoisotopic (exact) mass is 371 g/mol. The summed E-state index contributed by atoms with van der Waals surface area (Å²) in [7, 11) is -3.69. The van der Waals surface area contributed by atoms with Crippen LogP contribution < -0.4 is 4.72 Å². The van der Waals surface area contributed by atoms with Crippen molar-refractivity contribution >= 4 is 15.8 Å². The summed E-state index contributed by atoms with van der Waals surface area (Å²) in [5, 5.41) is 4.47. The van der Waals surface area contributed by atoms with Crippen LogP contribution in [0.2, 0.25) is 0 Å². The Morgan fingerprint density at radius 3 is 2.42 bits per heavy atom. The lowest BCUT2D eigenvalue weighted by Gasteiger charge is -2.16. The molecule has 0 atom stereocenters. The molecule has 26 heavy (non-hydrogen) atoms. The van der Waals surface area contributed by atoms with Crippen LogP contribution in [0.5, 0.6) is 0 Å². The molecule has 5 nitrogen and oxygen atoms in total. The summed E-state index contributed by atoms with van der Waals surface area (Å²) in [4.78, 5) is 0.246. The van der Waals surface area contributed by atoms with Crippen molar-refractivity contribution in [3.05, 3.63) is 65.0 Å². The summed E-state index contributed by atoms with van der Waals surface area (Å²) in [6.45, 7) is 8.12. The highest BCUT2D eigenvalue weighted by Crippen LogP contribution is 2.21. The third-order valence-corrected chi connectivity index (χ3v) is 5.90. The third-order valence-electron chi connectivity index (χ3n) is 4.53. The van der Waals surface area contributed by atoms with Crippen molar-refractivity contribution in [1.82, 2.24) is 14.5 Å². The van der Waals surface area contributed by atoms with E-state index in [1.807, 2.05) is 38.1 Å². The summed E-state index contributed by atoms with van der Waals surface area (Å²) in [5.41, 5.74) is 4.18. The second kappa shape index (κ2) is 7.11. The molecule has 1 aromatic heterocycles. The van der Waals surface area contributed by atoms with Crippen molar-refractivity contribution in [1.29, 1.82) is 0 Å². The number of aryl methyl sites for hydroxylation is 2. The first-order valence-corrected chi connectivity index (χ1v) is 10.3. The lowest BCUT2D eigenvalue weighted by molar-refractivity contribution is 0.588. The maximum absolute atomic E-state index is 12.9. The van der Waals surface area contributed by atoms with E-state index in [-0.39, 0.29) is 4.90 Å². The normalized spacial score (nSPS) is 15.0. The van der Waals surface area contributed by atoms with Crippen LogP contribution in [0.3, 0.4) is 0 Å². The molecule has 1 aromatic carbocycles. The van der Waals surface area contributed by atoms with Gasteiger partial charge in [-0.1, -0.05) is 37.6 Å². The van der Waals surface area contributed by atoms with E-state index in [0.29, 0.717) is 11.7 Å². The average Bonchev–Trinajstić information content (AvgIpc) is 2.96. The van der Waals surface area contributed by atoms with E-state index in [4.69, 9.17) is 0 Å².